The molecule has 0 amide bonds. The number of halogens is 1. The highest BCUT2D eigenvalue weighted by molar-refractivity contribution is 9.10. The molecule has 0 bridgehead atoms. The van der Waals surface area contributed by atoms with E-state index >= 15 is 0 Å². The van der Waals surface area contributed by atoms with E-state index in [1.54, 1.807) is 0 Å². The second-order valence-electron chi connectivity index (χ2n) is 5.05. The van der Waals surface area contributed by atoms with Gasteiger partial charge in [0.05, 0.1) is 0 Å². The quantitative estimate of drug-likeness (QED) is 0.772. The molecule has 0 heterocycles. The Hall–Kier alpha value is -0.380. The SMILES string of the molecule is CCCCCN(C)C(c1cccc(Br)c1)C(C)N. The third-order valence-corrected chi connectivity index (χ3v) is 3.77. The molecule has 1 aromatic rings. The van der Waals surface area contributed by atoms with E-state index in [1.165, 1.54) is 24.8 Å². The van der Waals surface area contributed by atoms with Gasteiger partial charge in [-0.2, -0.15) is 0 Å². The van der Waals surface area contributed by atoms with E-state index in [2.05, 4.69) is 66.0 Å². The molecule has 0 aliphatic heterocycles. The van der Waals surface area contributed by atoms with Gasteiger partial charge < -0.3 is 5.73 Å². The normalized spacial score (nSPS) is 14.8. The third-order valence-electron chi connectivity index (χ3n) is 3.28. The van der Waals surface area contributed by atoms with E-state index < -0.39 is 0 Å². The molecule has 1 rings (SSSR count). The van der Waals surface area contributed by atoms with Gasteiger partial charge in [0.25, 0.3) is 0 Å². The lowest BCUT2D eigenvalue weighted by Gasteiger charge is -2.31. The summed E-state index contributed by atoms with van der Waals surface area (Å²) >= 11 is 3.53. The fourth-order valence-electron chi connectivity index (χ4n) is 2.40. The van der Waals surface area contributed by atoms with Crippen molar-refractivity contribution in [2.24, 2.45) is 5.73 Å². The van der Waals surface area contributed by atoms with Crippen LogP contribution in [0.1, 0.15) is 44.7 Å². The van der Waals surface area contributed by atoms with Crippen LogP contribution >= 0.6 is 15.9 Å². The summed E-state index contributed by atoms with van der Waals surface area (Å²) in [5.74, 6) is 0. The van der Waals surface area contributed by atoms with Crippen molar-refractivity contribution in [1.82, 2.24) is 4.90 Å². The minimum absolute atomic E-state index is 0.130. The molecule has 0 aromatic heterocycles. The molecule has 0 fully saturated rings. The molecule has 2 unspecified atom stereocenters. The first-order valence-corrected chi connectivity index (χ1v) is 7.56. The number of nitrogens with two attached hydrogens (primary N) is 1. The van der Waals surface area contributed by atoms with Crippen molar-refractivity contribution in [3.63, 3.8) is 0 Å². The summed E-state index contributed by atoms with van der Waals surface area (Å²) in [6.45, 7) is 5.42. The van der Waals surface area contributed by atoms with Crippen LogP contribution in [0, 0.1) is 0 Å². The Morgan fingerprint density at radius 2 is 2.06 bits per heavy atom. The Bertz CT molecular complexity index is 352. The maximum atomic E-state index is 6.17. The Kier molecular flexibility index (Phi) is 6.90. The van der Waals surface area contributed by atoms with Crippen molar-refractivity contribution < 1.29 is 0 Å². The van der Waals surface area contributed by atoms with Crippen LogP contribution in [0.15, 0.2) is 28.7 Å². The van der Waals surface area contributed by atoms with Crippen molar-refractivity contribution in [3.05, 3.63) is 34.3 Å². The first kappa shape index (κ1) is 15.7. The molecule has 18 heavy (non-hydrogen) atoms. The second-order valence-corrected chi connectivity index (χ2v) is 5.96. The topological polar surface area (TPSA) is 29.3 Å². The molecule has 0 saturated carbocycles. The van der Waals surface area contributed by atoms with Crippen LogP contribution in [0.4, 0.5) is 0 Å². The minimum atomic E-state index is 0.130. The maximum absolute atomic E-state index is 6.17. The molecular formula is C15H25BrN2. The lowest BCUT2D eigenvalue weighted by molar-refractivity contribution is 0.215. The number of hydrogen-bond donors (Lipinski definition) is 1. The molecule has 0 radical (unpaired) electrons. The smallest absolute Gasteiger partial charge is 0.0494 e. The molecule has 0 saturated heterocycles. The lowest BCUT2D eigenvalue weighted by atomic mass is 9.99. The zero-order valence-corrected chi connectivity index (χ0v) is 13.3. The van der Waals surface area contributed by atoms with Crippen molar-refractivity contribution in [3.8, 4) is 0 Å². The van der Waals surface area contributed by atoms with Crippen LogP contribution in [0.3, 0.4) is 0 Å². The number of likely N-dealkylation sites (N-methyl/N-ethyl adjacent to an activating group) is 1. The molecule has 102 valence electrons. The summed E-state index contributed by atoms with van der Waals surface area (Å²) in [5.41, 5.74) is 7.46. The van der Waals surface area contributed by atoms with Gasteiger partial charge in [0.2, 0.25) is 0 Å². The summed E-state index contributed by atoms with van der Waals surface area (Å²) in [7, 11) is 2.17. The van der Waals surface area contributed by atoms with Gasteiger partial charge in [-0.3, -0.25) is 4.90 Å². The largest absolute Gasteiger partial charge is 0.326 e. The highest BCUT2D eigenvalue weighted by atomic mass is 79.9. The Balaban J connectivity index is 2.76. The van der Waals surface area contributed by atoms with E-state index in [0.717, 1.165) is 11.0 Å². The first-order chi connectivity index (χ1) is 8.56. The predicted molar refractivity (Wildman–Crippen MR) is 82.7 cm³/mol. The average Bonchev–Trinajstić information content (AvgIpc) is 2.29. The number of nitrogens with zero attached hydrogens (tertiary/aromatic N) is 1. The Morgan fingerprint density at radius 3 is 2.61 bits per heavy atom. The molecule has 2 atom stereocenters. The van der Waals surface area contributed by atoms with E-state index in [0.29, 0.717) is 6.04 Å². The van der Waals surface area contributed by atoms with Crippen LogP contribution in [-0.4, -0.2) is 24.5 Å². The Labute approximate surface area is 120 Å². The van der Waals surface area contributed by atoms with Gasteiger partial charge in [0.1, 0.15) is 0 Å². The number of hydrogen-bond acceptors (Lipinski definition) is 2. The fraction of sp³-hybridized carbons (Fsp3) is 0.600. The number of unbranched alkanes of at least 4 members (excludes halogenated alkanes) is 2. The second kappa shape index (κ2) is 7.93. The summed E-state index contributed by atoms with van der Waals surface area (Å²) in [4.78, 5) is 2.38. The van der Waals surface area contributed by atoms with Gasteiger partial charge in [-0.25, -0.2) is 0 Å². The molecule has 0 aliphatic rings. The minimum Gasteiger partial charge on any atom is -0.326 e. The number of benzene rings is 1. The summed E-state index contributed by atoms with van der Waals surface area (Å²) in [6.07, 6.45) is 3.78. The summed E-state index contributed by atoms with van der Waals surface area (Å²) < 4.78 is 1.12. The third kappa shape index (κ3) is 4.71. The van der Waals surface area contributed by atoms with Crippen LogP contribution in [0.25, 0.3) is 0 Å². The van der Waals surface area contributed by atoms with Gasteiger partial charge in [-0.15, -0.1) is 0 Å². The predicted octanol–water partition coefficient (Wildman–Crippen LogP) is 3.96. The standard InChI is InChI=1S/C15H25BrN2/c1-4-5-6-10-18(3)15(12(2)17)13-8-7-9-14(16)11-13/h7-9,11-12,15H,4-6,10,17H2,1-3H3. The fourth-order valence-corrected chi connectivity index (χ4v) is 2.82. The van der Waals surface area contributed by atoms with Gasteiger partial charge in [-0.05, 0) is 44.6 Å². The molecular weight excluding hydrogens is 288 g/mol. The van der Waals surface area contributed by atoms with Crippen LogP contribution in [0.5, 0.6) is 0 Å². The first-order valence-electron chi connectivity index (χ1n) is 6.77. The molecule has 0 spiro atoms. The van der Waals surface area contributed by atoms with Gasteiger partial charge >= 0.3 is 0 Å². The highest BCUT2D eigenvalue weighted by Crippen LogP contribution is 2.25. The van der Waals surface area contributed by atoms with E-state index in [9.17, 15) is 0 Å². The van der Waals surface area contributed by atoms with E-state index in [-0.39, 0.29) is 6.04 Å². The zero-order chi connectivity index (χ0) is 13.5. The van der Waals surface area contributed by atoms with Crippen molar-refractivity contribution >= 4 is 15.9 Å². The molecule has 3 heteroatoms. The maximum Gasteiger partial charge on any atom is 0.0494 e. The number of rotatable bonds is 7. The van der Waals surface area contributed by atoms with Crippen LogP contribution in [-0.2, 0) is 0 Å². The van der Waals surface area contributed by atoms with E-state index in [1.807, 2.05) is 0 Å². The van der Waals surface area contributed by atoms with Crippen molar-refractivity contribution in [1.29, 1.82) is 0 Å². The van der Waals surface area contributed by atoms with Gasteiger partial charge in [0, 0.05) is 16.6 Å². The monoisotopic (exact) mass is 312 g/mol. The average molecular weight is 313 g/mol. The van der Waals surface area contributed by atoms with Crippen molar-refractivity contribution in [2.45, 2.75) is 45.2 Å². The highest BCUT2D eigenvalue weighted by Gasteiger charge is 2.20. The zero-order valence-electron chi connectivity index (χ0n) is 11.7. The van der Waals surface area contributed by atoms with Gasteiger partial charge in [0.15, 0.2) is 0 Å². The van der Waals surface area contributed by atoms with Crippen LogP contribution in [0.2, 0.25) is 0 Å². The van der Waals surface area contributed by atoms with Crippen molar-refractivity contribution in [2.75, 3.05) is 13.6 Å². The molecule has 1 aromatic carbocycles. The van der Waals surface area contributed by atoms with Crippen LogP contribution < -0.4 is 5.73 Å². The molecule has 2 nitrogen and oxygen atoms in total. The van der Waals surface area contributed by atoms with E-state index in [4.69, 9.17) is 5.73 Å². The molecule has 2 N–H and O–H groups in total. The van der Waals surface area contributed by atoms with Gasteiger partial charge in [-0.1, -0.05) is 47.8 Å². The summed E-state index contributed by atoms with van der Waals surface area (Å²) in [5, 5.41) is 0. The summed E-state index contributed by atoms with van der Waals surface area (Å²) in [6, 6.07) is 8.89. The molecule has 0 aliphatic carbocycles. The lowest BCUT2D eigenvalue weighted by Crippen LogP contribution is -2.37. The Morgan fingerprint density at radius 1 is 1.33 bits per heavy atom.